The summed E-state index contributed by atoms with van der Waals surface area (Å²) in [7, 11) is 0. The molecule has 0 aliphatic carbocycles. The molecule has 3 rings (SSSR count). The lowest BCUT2D eigenvalue weighted by Gasteiger charge is -2.32. The molecule has 154 valence electrons. The Bertz CT molecular complexity index is 905. The topological polar surface area (TPSA) is 58.6 Å². The molecule has 0 spiro atoms. The lowest BCUT2D eigenvalue weighted by atomic mass is 10.0. The van der Waals surface area contributed by atoms with E-state index in [2.05, 4.69) is 11.4 Å². The van der Waals surface area contributed by atoms with Gasteiger partial charge in [0.1, 0.15) is 5.75 Å². The summed E-state index contributed by atoms with van der Waals surface area (Å²) in [5.41, 5.74) is 3.72. The zero-order valence-electron chi connectivity index (χ0n) is 17.1. The minimum atomic E-state index is -0.172. The van der Waals surface area contributed by atoms with Gasteiger partial charge in [-0.05, 0) is 62.4 Å². The monoisotopic (exact) mass is 414 g/mol. The van der Waals surface area contributed by atoms with Crippen LogP contribution in [0.15, 0.2) is 36.4 Å². The number of benzene rings is 2. The summed E-state index contributed by atoms with van der Waals surface area (Å²) in [5, 5.41) is 3.46. The maximum absolute atomic E-state index is 12.6. The van der Waals surface area contributed by atoms with E-state index in [9.17, 15) is 9.59 Å². The highest BCUT2D eigenvalue weighted by molar-refractivity contribution is 6.33. The average molecular weight is 415 g/mol. The molecule has 0 unspecified atom stereocenters. The Morgan fingerprint density at radius 1 is 1.07 bits per heavy atom. The van der Waals surface area contributed by atoms with Gasteiger partial charge in [-0.2, -0.15) is 0 Å². The molecule has 1 aliphatic heterocycles. The van der Waals surface area contributed by atoms with Crippen LogP contribution in [-0.2, 0) is 4.79 Å². The SMILES string of the molecule is Cc1ccc(C)c(OCC(=O)N2CCC(NC(=O)c3ccccc3Cl)CC2)c1C. The first-order valence-corrected chi connectivity index (χ1v) is 10.3. The van der Waals surface area contributed by atoms with Crippen LogP contribution in [0.5, 0.6) is 5.75 Å². The largest absolute Gasteiger partial charge is 0.483 e. The third kappa shape index (κ3) is 5.10. The van der Waals surface area contributed by atoms with E-state index in [1.807, 2.05) is 26.8 Å². The zero-order chi connectivity index (χ0) is 21.0. The van der Waals surface area contributed by atoms with Crippen molar-refractivity contribution < 1.29 is 14.3 Å². The van der Waals surface area contributed by atoms with E-state index < -0.39 is 0 Å². The molecular formula is C23H27ClN2O3. The van der Waals surface area contributed by atoms with Crippen LogP contribution in [-0.4, -0.2) is 42.5 Å². The van der Waals surface area contributed by atoms with Crippen LogP contribution < -0.4 is 10.1 Å². The van der Waals surface area contributed by atoms with Crippen LogP contribution in [0.25, 0.3) is 0 Å². The van der Waals surface area contributed by atoms with Crippen molar-refractivity contribution in [2.75, 3.05) is 19.7 Å². The first-order valence-electron chi connectivity index (χ1n) is 9.89. The molecule has 1 heterocycles. The molecule has 1 aliphatic rings. The van der Waals surface area contributed by atoms with E-state index in [0.29, 0.717) is 36.5 Å². The van der Waals surface area contributed by atoms with Gasteiger partial charge in [0, 0.05) is 19.1 Å². The Hall–Kier alpha value is -2.53. The van der Waals surface area contributed by atoms with Crippen LogP contribution >= 0.6 is 11.6 Å². The van der Waals surface area contributed by atoms with Gasteiger partial charge >= 0.3 is 0 Å². The number of hydrogen-bond acceptors (Lipinski definition) is 3. The fourth-order valence-corrected chi connectivity index (χ4v) is 3.78. The maximum Gasteiger partial charge on any atom is 0.260 e. The molecule has 0 atom stereocenters. The van der Waals surface area contributed by atoms with Crippen molar-refractivity contribution in [2.45, 2.75) is 39.7 Å². The second kappa shape index (κ2) is 9.31. The van der Waals surface area contributed by atoms with Gasteiger partial charge in [-0.15, -0.1) is 0 Å². The van der Waals surface area contributed by atoms with E-state index in [1.54, 1.807) is 29.2 Å². The highest BCUT2D eigenvalue weighted by atomic mass is 35.5. The molecule has 1 N–H and O–H groups in total. The second-order valence-electron chi connectivity index (χ2n) is 7.55. The van der Waals surface area contributed by atoms with E-state index >= 15 is 0 Å². The molecule has 29 heavy (non-hydrogen) atoms. The van der Waals surface area contributed by atoms with Crippen LogP contribution in [0.4, 0.5) is 0 Å². The number of halogens is 1. The smallest absolute Gasteiger partial charge is 0.260 e. The van der Waals surface area contributed by atoms with Crippen LogP contribution in [0.3, 0.4) is 0 Å². The maximum atomic E-state index is 12.6. The molecule has 6 heteroatoms. The molecule has 0 aromatic heterocycles. The molecule has 2 aromatic rings. The number of carbonyl (C=O) groups excluding carboxylic acids is 2. The number of nitrogens with one attached hydrogen (secondary N) is 1. The number of carbonyl (C=O) groups is 2. The number of ether oxygens (including phenoxy) is 1. The van der Waals surface area contributed by atoms with Crippen LogP contribution in [0.2, 0.25) is 5.02 Å². The first-order chi connectivity index (χ1) is 13.9. The minimum Gasteiger partial charge on any atom is -0.483 e. The average Bonchev–Trinajstić information content (AvgIpc) is 2.71. The van der Waals surface area contributed by atoms with Gasteiger partial charge in [0.2, 0.25) is 0 Å². The number of rotatable bonds is 5. The van der Waals surface area contributed by atoms with Gasteiger partial charge in [-0.3, -0.25) is 9.59 Å². The molecule has 2 amide bonds. The normalized spacial score (nSPS) is 14.6. The van der Waals surface area contributed by atoms with Crippen molar-refractivity contribution in [1.29, 1.82) is 0 Å². The van der Waals surface area contributed by atoms with Gasteiger partial charge in [0.15, 0.2) is 6.61 Å². The van der Waals surface area contributed by atoms with E-state index in [1.165, 1.54) is 0 Å². The molecule has 0 radical (unpaired) electrons. The summed E-state index contributed by atoms with van der Waals surface area (Å²) in [4.78, 5) is 26.8. The number of amides is 2. The van der Waals surface area contributed by atoms with E-state index in [4.69, 9.17) is 16.3 Å². The number of hydrogen-bond donors (Lipinski definition) is 1. The fraction of sp³-hybridized carbons (Fsp3) is 0.391. The Morgan fingerprint density at radius 2 is 1.72 bits per heavy atom. The van der Waals surface area contributed by atoms with E-state index in [-0.39, 0.29) is 24.5 Å². The van der Waals surface area contributed by atoms with Gasteiger partial charge in [-0.25, -0.2) is 0 Å². The van der Waals surface area contributed by atoms with Crippen molar-refractivity contribution in [3.05, 3.63) is 63.7 Å². The second-order valence-corrected chi connectivity index (χ2v) is 7.96. The molecule has 0 saturated carbocycles. The summed E-state index contributed by atoms with van der Waals surface area (Å²) in [6.45, 7) is 7.25. The van der Waals surface area contributed by atoms with Crippen molar-refractivity contribution in [3.63, 3.8) is 0 Å². The van der Waals surface area contributed by atoms with Gasteiger partial charge in [0.25, 0.3) is 11.8 Å². The predicted octanol–water partition coefficient (Wildman–Crippen LogP) is 4.07. The Morgan fingerprint density at radius 3 is 2.41 bits per heavy atom. The molecule has 1 saturated heterocycles. The van der Waals surface area contributed by atoms with Gasteiger partial charge in [-0.1, -0.05) is 35.9 Å². The van der Waals surface area contributed by atoms with E-state index in [0.717, 1.165) is 22.4 Å². The Kier molecular flexibility index (Phi) is 6.80. The van der Waals surface area contributed by atoms with Crippen molar-refractivity contribution >= 4 is 23.4 Å². The number of likely N-dealkylation sites (tertiary alicyclic amines) is 1. The van der Waals surface area contributed by atoms with Gasteiger partial charge < -0.3 is 15.0 Å². The summed E-state index contributed by atoms with van der Waals surface area (Å²) in [6, 6.07) is 11.1. The Labute approximate surface area is 177 Å². The Balaban J connectivity index is 1.49. The fourth-order valence-electron chi connectivity index (χ4n) is 3.55. The summed E-state index contributed by atoms with van der Waals surface area (Å²) < 4.78 is 5.85. The number of aryl methyl sites for hydroxylation is 2. The van der Waals surface area contributed by atoms with Crippen LogP contribution in [0, 0.1) is 20.8 Å². The zero-order valence-corrected chi connectivity index (χ0v) is 17.9. The standard InChI is InChI=1S/C23H27ClN2O3/c1-15-8-9-16(2)22(17(15)3)29-14-21(27)26-12-10-18(11-13-26)25-23(28)19-6-4-5-7-20(19)24/h4-9,18H,10-14H2,1-3H3,(H,25,28). The highest BCUT2D eigenvalue weighted by Crippen LogP contribution is 2.26. The lowest BCUT2D eigenvalue weighted by Crippen LogP contribution is -2.47. The lowest BCUT2D eigenvalue weighted by molar-refractivity contribution is -0.134. The van der Waals surface area contributed by atoms with Crippen molar-refractivity contribution in [3.8, 4) is 5.75 Å². The number of piperidine rings is 1. The summed E-state index contributed by atoms with van der Waals surface area (Å²) in [5.74, 6) is 0.593. The summed E-state index contributed by atoms with van der Waals surface area (Å²) in [6.07, 6.45) is 1.43. The molecule has 1 fully saturated rings. The highest BCUT2D eigenvalue weighted by Gasteiger charge is 2.25. The molecule has 5 nitrogen and oxygen atoms in total. The number of nitrogens with zero attached hydrogens (tertiary/aromatic N) is 1. The molecule has 0 bridgehead atoms. The summed E-state index contributed by atoms with van der Waals surface area (Å²) >= 11 is 6.09. The third-order valence-electron chi connectivity index (χ3n) is 5.51. The molecule has 2 aromatic carbocycles. The quantitative estimate of drug-likeness (QED) is 0.802. The third-order valence-corrected chi connectivity index (χ3v) is 5.84. The van der Waals surface area contributed by atoms with Crippen molar-refractivity contribution in [2.24, 2.45) is 0 Å². The minimum absolute atomic E-state index is 0.0267. The van der Waals surface area contributed by atoms with Crippen LogP contribution in [0.1, 0.15) is 39.9 Å². The van der Waals surface area contributed by atoms with Crippen molar-refractivity contribution in [1.82, 2.24) is 10.2 Å². The predicted molar refractivity (Wildman–Crippen MR) is 115 cm³/mol. The first kappa shape index (κ1) is 21.2. The van der Waals surface area contributed by atoms with Gasteiger partial charge in [0.05, 0.1) is 10.6 Å². The molecular weight excluding hydrogens is 388 g/mol.